The second-order valence-electron chi connectivity index (χ2n) is 3.83. The van der Waals surface area contributed by atoms with Gasteiger partial charge in [0, 0.05) is 11.3 Å². The van der Waals surface area contributed by atoms with Gasteiger partial charge >= 0.3 is 0 Å². The van der Waals surface area contributed by atoms with Crippen LogP contribution in [0, 0.1) is 5.82 Å². The van der Waals surface area contributed by atoms with Crippen LogP contribution in [0.25, 0.3) is 0 Å². The third-order valence-corrected chi connectivity index (χ3v) is 4.94. The van der Waals surface area contributed by atoms with E-state index in [2.05, 4.69) is 0 Å². The zero-order valence-electron chi connectivity index (χ0n) is 9.40. The molecule has 0 aliphatic carbocycles. The molecule has 2 N–H and O–H groups in total. The monoisotopic (exact) mass is 245 g/mol. The van der Waals surface area contributed by atoms with Crippen molar-refractivity contribution in [3.05, 3.63) is 29.6 Å². The Labute approximate surface area is 95.4 Å². The van der Waals surface area contributed by atoms with Crippen LogP contribution in [0.3, 0.4) is 0 Å². The van der Waals surface area contributed by atoms with Gasteiger partial charge in [0.15, 0.2) is 9.84 Å². The molecular formula is C11H16FNO2S. The van der Waals surface area contributed by atoms with Crippen LogP contribution in [-0.4, -0.2) is 13.7 Å². The predicted octanol–water partition coefficient (Wildman–Crippen LogP) is 2.12. The van der Waals surface area contributed by atoms with E-state index < -0.39 is 20.9 Å². The van der Waals surface area contributed by atoms with Crippen molar-refractivity contribution in [2.75, 3.05) is 5.73 Å². The van der Waals surface area contributed by atoms with Crippen LogP contribution in [0.15, 0.2) is 18.2 Å². The summed E-state index contributed by atoms with van der Waals surface area (Å²) in [7, 11) is -3.33. The molecule has 0 saturated heterocycles. The van der Waals surface area contributed by atoms with Crippen molar-refractivity contribution in [3.8, 4) is 0 Å². The quantitative estimate of drug-likeness (QED) is 0.826. The number of anilines is 1. The van der Waals surface area contributed by atoms with Crippen molar-refractivity contribution in [1.29, 1.82) is 0 Å². The van der Waals surface area contributed by atoms with E-state index in [0.717, 1.165) is 0 Å². The van der Waals surface area contributed by atoms with Gasteiger partial charge in [-0.25, -0.2) is 12.8 Å². The summed E-state index contributed by atoms with van der Waals surface area (Å²) in [5.74, 6) is -0.896. The van der Waals surface area contributed by atoms with E-state index in [0.29, 0.717) is 6.42 Å². The Kier molecular flexibility index (Phi) is 3.91. The van der Waals surface area contributed by atoms with Gasteiger partial charge in [-0.1, -0.05) is 13.0 Å². The number of hydrogen-bond donors (Lipinski definition) is 1. The van der Waals surface area contributed by atoms with Crippen molar-refractivity contribution in [1.82, 2.24) is 0 Å². The highest BCUT2D eigenvalue weighted by Gasteiger charge is 2.22. The highest BCUT2D eigenvalue weighted by atomic mass is 32.2. The molecule has 1 unspecified atom stereocenters. The summed E-state index contributed by atoms with van der Waals surface area (Å²) in [4.78, 5) is 0. The van der Waals surface area contributed by atoms with Gasteiger partial charge in [-0.2, -0.15) is 0 Å². The first-order valence-electron chi connectivity index (χ1n) is 5.13. The molecule has 0 fully saturated rings. The summed E-state index contributed by atoms with van der Waals surface area (Å²) in [6, 6.07) is 4.19. The average molecular weight is 245 g/mol. The molecule has 0 aliphatic heterocycles. The third-order valence-electron chi connectivity index (χ3n) is 2.69. The van der Waals surface area contributed by atoms with Gasteiger partial charge < -0.3 is 5.73 Å². The Balaban J connectivity index is 3.06. The van der Waals surface area contributed by atoms with E-state index in [4.69, 9.17) is 5.73 Å². The second kappa shape index (κ2) is 4.82. The van der Waals surface area contributed by atoms with Crippen molar-refractivity contribution >= 4 is 15.5 Å². The molecule has 0 aliphatic rings. The Morgan fingerprint density at radius 3 is 2.56 bits per heavy atom. The van der Waals surface area contributed by atoms with Crippen molar-refractivity contribution < 1.29 is 12.8 Å². The third kappa shape index (κ3) is 2.72. The molecule has 3 nitrogen and oxygen atoms in total. The fraction of sp³-hybridized carbons (Fsp3) is 0.455. The van der Waals surface area contributed by atoms with Crippen LogP contribution in [0.2, 0.25) is 0 Å². The van der Waals surface area contributed by atoms with Gasteiger partial charge in [-0.05, 0) is 25.5 Å². The normalized spacial score (nSPS) is 13.7. The fourth-order valence-corrected chi connectivity index (χ4v) is 2.82. The zero-order valence-corrected chi connectivity index (χ0v) is 10.2. The largest absolute Gasteiger partial charge is 0.398 e. The van der Waals surface area contributed by atoms with Gasteiger partial charge in [-0.3, -0.25) is 0 Å². The van der Waals surface area contributed by atoms with Gasteiger partial charge in [0.1, 0.15) is 5.82 Å². The Hall–Kier alpha value is -1.10. The van der Waals surface area contributed by atoms with Crippen molar-refractivity contribution in [3.63, 3.8) is 0 Å². The van der Waals surface area contributed by atoms with Gasteiger partial charge in [0.05, 0.1) is 11.0 Å². The van der Waals surface area contributed by atoms with Crippen LogP contribution in [0.5, 0.6) is 0 Å². The standard InChI is InChI=1S/C11H16FNO2S/c1-3-8(2)16(14,15)7-9-10(12)5-4-6-11(9)13/h4-6,8H,3,7,13H2,1-2H3. The van der Waals surface area contributed by atoms with Crippen LogP contribution in [0.4, 0.5) is 10.1 Å². The zero-order chi connectivity index (χ0) is 12.3. The second-order valence-corrected chi connectivity index (χ2v) is 6.25. The number of halogens is 1. The van der Waals surface area contributed by atoms with E-state index in [-0.39, 0.29) is 17.0 Å². The smallest absolute Gasteiger partial charge is 0.157 e. The summed E-state index contributed by atoms with van der Waals surface area (Å²) in [5, 5.41) is -0.480. The number of benzene rings is 1. The molecule has 1 rings (SSSR count). The lowest BCUT2D eigenvalue weighted by molar-refractivity contribution is 0.574. The lowest BCUT2D eigenvalue weighted by Gasteiger charge is -2.12. The number of nitrogens with two attached hydrogens (primary N) is 1. The molecule has 0 aromatic heterocycles. The van der Waals surface area contributed by atoms with Gasteiger partial charge in [0.25, 0.3) is 0 Å². The molecule has 1 aromatic rings. The van der Waals surface area contributed by atoms with E-state index >= 15 is 0 Å². The number of hydrogen-bond acceptors (Lipinski definition) is 3. The lowest BCUT2D eigenvalue weighted by Crippen LogP contribution is -2.20. The van der Waals surface area contributed by atoms with Gasteiger partial charge in [-0.15, -0.1) is 0 Å². The molecule has 1 aromatic carbocycles. The van der Waals surface area contributed by atoms with E-state index in [1.165, 1.54) is 18.2 Å². The Bertz CT molecular complexity index is 451. The lowest BCUT2D eigenvalue weighted by atomic mass is 10.2. The van der Waals surface area contributed by atoms with E-state index in [9.17, 15) is 12.8 Å². The minimum Gasteiger partial charge on any atom is -0.398 e. The molecule has 0 heterocycles. The highest BCUT2D eigenvalue weighted by molar-refractivity contribution is 7.91. The summed E-state index contributed by atoms with van der Waals surface area (Å²) < 4.78 is 37.0. The van der Waals surface area contributed by atoms with Crippen molar-refractivity contribution in [2.45, 2.75) is 31.3 Å². The summed E-state index contributed by atoms with van der Waals surface area (Å²) in [6.45, 7) is 3.40. The number of sulfone groups is 1. The van der Waals surface area contributed by atoms with Crippen LogP contribution < -0.4 is 5.73 Å². The van der Waals surface area contributed by atoms with Crippen LogP contribution in [-0.2, 0) is 15.6 Å². The minimum atomic E-state index is -3.33. The summed E-state index contributed by atoms with van der Waals surface area (Å²) in [6.07, 6.45) is 0.511. The first kappa shape index (κ1) is 13.0. The topological polar surface area (TPSA) is 60.2 Å². The molecule has 16 heavy (non-hydrogen) atoms. The van der Waals surface area contributed by atoms with Crippen LogP contribution in [0.1, 0.15) is 25.8 Å². The van der Waals surface area contributed by atoms with Gasteiger partial charge in [0.2, 0.25) is 0 Å². The number of nitrogen functional groups attached to an aromatic ring is 1. The minimum absolute atomic E-state index is 0.0720. The van der Waals surface area contributed by atoms with E-state index in [1.807, 2.05) is 0 Å². The molecule has 90 valence electrons. The Morgan fingerprint density at radius 2 is 2.06 bits per heavy atom. The first-order chi connectivity index (χ1) is 7.38. The summed E-state index contributed by atoms with van der Waals surface area (Å²) in [5.41, 5.74) is 5.82. The van der Waals surface area contributed by atoms with Crippen LogP contribution >= 0.6 is 0 Å². The fourth-order valence-electron chi connectivity index (χ4n) is 1.32. The molecule has 0 saturated carbocycles. The molecule has 0 amide bonds. The number of rotatable bonds is 4. The molecule has 0 spiro atoms. The average Bonchev–Trinajstić information content (AvgIpc) is 2.22. The maximum absolute atomic E-state index is 13.4. The maximum atomic E-state index is 13.4. The summed E-state index contributed by atoms with van der Waals surface area (Å²) >= 11 is 0. The molecule has 1 atom stereocenters. The Morgan fingerprint density at radius 1 is 1.44 bits per heavy atom. The predicted molar refractivity (Wildman–Crippen MR) is 63.2 cm³/mol. The molecule has 0 bridgehead atoms. The molecule has 5 heteroatoms. The van der Waals surface area contributed by atoms with E-state index in [1.54, 1.807) is 13.8 Å². The molecule has 0 radical (unpaired) electrons. The highest BCUT2D eigenvalue weighted by Crippen LogP contribution is 2.21. The first-order valence-corrected chi connectivity index (χ1v) is 6.84. The van der Waals surface area contributed by atoms with Crippen molar-refractivity contribution in [2.24, 2.45) is 0 Å². The molecular weight excluding hydrogens is 229 g/mol. The SMILES string of the molecule is CCC(C)S(=O)(=O)Cc1c(N)cccc1F. The maximum Gasteiger partial charge on any atom is 0.157 e.